The number of nitrogens with zero attached hydrogens (tertiary/aromatic N) is 2. The van der Waals surface area contributed by atoms with Gasteiger partial charge in [0, 0.05) is 18.9 Å². The Hall–Kier alpha value is -2.30. The number of benzene rings is 1. The Labute approximate surface area is 115 Å². The first kappa shape index (κ1) is 14.1. The molecule has 2 aromatic rings. The molecule has 0 saturated carbocycles. The van der Waals surface area contributed by atoms with Gasteiger partial charge in [0.2, 0.25) is 5.95 Å². The van der Waals surface area contributed by atoms with Crippen molar-refractivity contribution in [2.75, 3.05) is 11.9 Å². The van der Waals surface area contributed by atoms with Crippen LogP contribution in [-0.2, 0) is 0 Å². The van der Waals surface area contributed by atoms with Crippen LogP contribution in [0, 0.1) is 25.6 Å². The second-order valence-electron chi connectivity index (χ2n) is 4.62. The third-order valence-electron chi connectivity index (χ3n) is 3.10. The molecular formula is C15H14F2N2O. The molecule has 0 saturated heterocycles. The van der Waals surface area contributed by atoms with Crippen molar-refractivity contribution in [3.8, 4) is 0 Å². The predicted octanol–water partition coefficient (Wildman–Crippen LogP) is 3.25. The van der Waals surface area contributed by atoms with E-state index in [-0.39, 0.29) is 5.56 Å². The van der Waals surface area contributed by atoms with Crippen LogP contribution in [0.25, 0.3) is 0 Å². The number of carbonyl (C=O) groups excluding carboxylic acids is 1. The van der Waals surface area contributed by atoms with E-state index in [1.165, 1.54) is 18.0 Å². The number of aryl methyl sites for hydroxylation is 2. The SMILES string of the molecule is Cc1ccc(N(C)C(=O)c2ccnc(F)c2F)c(C)c1. The van der Waals surface area contributed by atoms with Crippen molar-refractivity contribution in [2.45, 2.75) is 13.8 Å². The zero-order valence-corrected chi connectivity index (χ0v) is 11.4. The van der Waals surface area contributed by atoms with E-state index in [1.54, 1.807) is 6.07 Å². The summed E-state index contributed by atoms with van der Waals surface area (Å²) in [6.07, 6.45) is 1.07. The second-order valence-corrected chi connectivity index (χ2v) is 4.62. The molecule has 1 aromatic carbocycles. The van der Waals surface area contributed by atoms with Crippen LogP contribution in [0.3, 0.4) is 0 Å². The Kier molecular flexibility index (Phi) is 3.79. The van der Waals surface area contributed by atoms with Crippen LogP contribution < -0.4 is 4.90 Å². The van der Waals surface area contributed by atoms with E-state index >= 15 is 0 Å². The third kappa shape index (κ3) is 2.52. The molecule has 0 aliphatic heterocycles. The van der Waals surface area contributed by atoms with Gasteiger partial charge in [0.25, 0.3) is 5.91 Å². The number of halogens is 2. The maximum absolute atomic E-state index is 13.6. The minimum atomic E-state index is -1.27. The molecule has 0 bridgehead atoms. The lowest BCUT2D eigenvalue weighted by Gasteiger charge is -2.20. The summed E-state index contributed by atoms with van der Waals surface area (Å²) >= 11 is 0. The summed E-state index contributed by atoms with van der Waals surface area (Å²) in [7, 11) is 1.53. The largest absolute Gasteiger partial charge is 0.311 e. The highest BCUT2D eigenvalue weighted by atomic mass is 19.2. The zero-order valence-electron chi connectivity index (χ0n) is 11.4. The van der Waals surface area contributed by atoms with Gasteiger partial charge in [-0.05, 0) is 31.5 Å². The van der Waals surface area contributed by atoms with Gasteiger partial charge in [-0.3, -0.25) is 4.79 Å². The van der Waals surface area contributed by atoms with Crippen molar-refractivity contribution in [1.82, 2.24) is 4.98 Å². The molecule has 1 amide bonds. The van der Waals surface area contributed by atoms with Crippen LogP contribution in [0.5, 0.6) is 0 Å². The van der Waals surface area contributed by atoms with Gasteiger partial charge in [-0.1, -0.05) is 17.7 Å². The normalized spacial score (nSPS) is 10.4. The van der Waals surface area contributed by atoms with E-state index in [0.29, 0.717) is 5.69 Å². The molecule has 1 heterocycles. The summed E-state index contributed by atoms with van der Waals surface area (Å²) in [5, 5.41) is 0. The number of pyridine rings is 1. The highest BCUT2D eigenvalue weighted by Crippen LogP contribution is 2.22. The Bertz CT molecular complexity index is 671. The molecule has 0 unspecified atom stereocenters. The fourth-order valence-electron chi connectivity index (χ4n) is 2.06. The molecule has 0 aliphatic rings. The van der Waals surface area contributed by atoms with Crippen molar-refractivity contribution in [3.63, 3.8) is 0 Å². The van der Waals surface area contributed by atoms with Gasteiger partial charge in [-0.25, -0.2) is 9.37 Å². The third-order valence-corrected chi connectivity index (χ3v) is 3.10. The van der Waals surface area contributed by atoms with Crippen molar-refractivity contribution >= 4 is 11.6 Å². The first-order valence-electron chi connectivity index (χ1n) is 6.07. The van der Waals surface area contributed by atoms with Gasteiger partial charge in [-0.15, -0.1) is 0 Å². The van der Waals surface area contributed by atoms with Gasteiger partial charge in [0.05, 0.1) is 5.56 Å². The number of amides is 1. The highest BCUT2D eigenvalue weighted by Gasteiger charge is 2.21. The maximum atomic E-state index is 13.6. The van der Waals surface area contributed by atoms with E-state index in [2.05, 4.69) is 4.98 Å². The molecule has 104 valence electrons. The molecule has 0 fully saturated rings. The Morgan fingerprint density at radius 2 is 1.90 bits per heavy atom. The molecule has 0 radical (unpaired) electrons. The van der Waals surface area contributed by atoms with E-state index in [0.717, 1.165) is 17.3 Å². The number of rotatable bonds is 2. The molecule has 0 aliphatic carbocycles. The van der Waals surface area contributed by atoms with Crippen LogP contribution in [0.15, 0.2) is 30.5 Å². The van der Waals surface area contributed by atoms with Crippen molar-refractivity contribution < 1.29 is 13.6 Å². The molecular weight excluding hydrogens is 262 g/mol. The Balaban J connectivity index is 2.40. The number of hydrogen-bond acceptors (Lipinski definition) is 2. The maximum Gasteiger partial charge on any atom is 0.261 e. The van der Waals surface area contributed by atoms with Crippen LogP contribution in [0.2, 0.25) is 0 Å². The minimum absolute atomic E-state index is 0.333. The van der Waals surface area contributed by atoms with Crippen molar-refractivity contribution in [3.05, 3.63) is 58.9 Å². The summed E-state index contributed by atoms with van der Waals surface area (Å²) in [5.41, 5.74) is 2.27. The number of anilines is 1. The van der Waals surface area contributed by atoms with Crippen LogP contribution in [0.4, 0.5) is 14.5 Å². The standard InChI is InChI=1S/C15H14F2N2O/c1-9-4-5-12(10(2)8-9)19(3)15(20)11-6-7-18-14(17)13(11)16/h4-8H,1-3H3. The first-order chi connectivity index (χ1) is 9.41. The van der Waals surface area contributed by atoms with Gasteiger partial charge in [-0.2, -0.15) is 4.39 Å². The quantitative estimate of drug-likeness (QED) is 0.789. The number of hydrogen-bond donors (Lipinski definition) is 0. The number of aromatic nitrogens is 1. The lowest BCUT2D eigenvalue weighted by Crippen LogP contribution is -2.28. The lowest BCUT2D eigenvalue weighted by atomic mass is 10.1. The summed E-state index contributed by atoms with van der Waals surface area (Å²) in [6, 6.07) is 6.72. The summed E-state index contributed by atoms with van der Waals surface area (Å²) in [6.45, 7) is 3.80. The smallest absolute Gasteiger partial charge is 0.261 e. The molecule has 5 heteroatoms. The first-order valence-corrected chi connectivity index (χ1v) is 6.07. The molecule has 1 aromatic heterocycles. The summed E-state index contributed by atoms with van der Waals surface area (Å²) in [5.74, 6) is -3.12. The molecule has 0 spiro atoms. The Morgan fingerprint density at radius 3 is 2.55 bits per heavy atom. The Morgan fingerprint density at radius 1 is 1.20 bits per heavy atom. The van der Waals surface area contributed by atoms with Crippen molar-refractivity contribution in [1.29, 1.82) is 0 Å². The fraction of sp³-hybridized carbons (Fsp3) is 0.200. The van der Waals surface area contributed by atoms with E-state index < -0.39 is 17.7 Å². The van der Waals surface area contributed by atoms with Gasteiger partial charge < -0.3 is 4.90 Å². The molecule has 2 rings (SSSR count). The van der Waals surface area contributed by atoms with E-state index in [9.17, 15) is 13.6 Å². The average molecular weight is 276 g/mol. The van der Waals surface area contributed by atoms with Gasteiger partial charge in [0.1, 0.15) is 0 Å². The summed E-state index contributed by atoms with van der Waals surface area (Å²) < 4.78 is 26.7. The fourth-order valence-corrected chi connectivity index (χ4v) is 2.06. The number of carbonyl (C=O) groups is 1. The van der Waals surface area contributed by atoms with Crippen LogP contribution in [-0.4, -0.2) is 17.9 Å². The molecule has 0 atom stereocenters. The highest BCUT2D eigenvalue weighted by molar-refractivity contribution is 6.06. The second kappa shape index (κ2) is 5.36. The van der Waals surface area contributed by atoms with Crippen LogP contribution in [0.1, 0.15) is 21.5 Å². The van der Waals surface area contributed by atoms with Crippen molar-refractivity contribution in [2.24, 2.45) is 0 Å². The summed E-state index contributed by atoms with van der Waals surface area (Å²) in [4.78, 5) is 16.7. The monoisotopic (exact) mass is 276 g/mol. The lowest BCUT2D eigenvalue weighted by molar-refractivity contribution is 0.0987. The molecule has 0 N–H and O–H groups in total. The topological polar surface area (TPSA) is 33.2 Å². The van der Waals surface area contributed by atoms with E-state index in [4.69, 9.17) is 0 Å². The zero-order chi connectivity index (χ0) is 14.9. The van der Waals surface area contributed by atoms with E-state index in [1.807, 2.05) is 26.0 Å². The molecule has 20 heavy (non-hydrogen) atoms. The van der Waals surface area contributed by atoms with Gasteiger partial charge in [0.15, 0.2) is 5.82 Å². The molecule has 3 nitrogen and oxygen atoms in total. The van der Waals surface area contributed by atoms with Crippen LogP contribution >= 0.6 is 0 Å². The average Bonchev–Trinajstić information content (AvgIpc) is 2.40. The minimum Gasteiger partial charge on any atom is -0.311 e. The predicted molar refractivity (Wildman–Crippen MR) is 72.8 cm³/mol. The van der Waals surface area contributed by atoms with Gasteiger partial charge >= 0.3 is 0 Å².